The third-order valence-corrected chi connectivity index (χ3v) is 6.25. The second-order valence-electron chi connectivity index (χ2n) is 7.17. The Hall–Kier alpha value is -2.54. The van der Waals surface area contributed by atoms with Crippen LogP contribution >= 0.6 is 34.8 Å². The Morgan fingerprint density at radius 1 is 1.10 bits per heavy atom. The minimum atomic E-state index is -0.461. The van der Waals surface area contributed by atoms with Crippen LogP contribution in [0.3, 0.4) is 0 Å². The number of aromatic nitrogens is 1. The molecule has 1 N–H and O–H groups in total. The Bertz CT molecular complexity index is 1190. The summed E-state index contributed by atoms with van der Waals surface area (Å²) in [6.07, 6.45) is 1.67. The number of hydrogen-bond donors (Lipinski definition) is 1. The van der Waals surface area contributed by atoms with Gasteiger partial charge in [0.25, 0.3) is 5.91 Å². The molecule has 160 valence electrons. The summed E-state index contributed by atoms with van der Waals surface area (Å²) < 4.78 is 0. The number of pyridine rings is 1. The molecule has 0 radical (unpaired) electrons. The summed E-state index contributed by atoms with van der Waals surface area (Å²) >= 11 is 18.9. The van der Waals surface area contributed by atoms with Crippen molar-refractivity contribution in [2.75, 3.05) is 29.9 Å². The Balaban J connectivity index is 1.82. The number of nitrogens with one attached hydrogen (secondary N) is 1. The minimum absolute atomic E-state index is 0.0774. The number of likely N-dealkylation sites (N-methyl/N-ethyl adjacent to an activating group) is 1. The van der Waals surface area contributed by atoms with Crippen LogP contribution in [0.1, 0.15) is 22.8 Å². The van der Waals surface area contributed by atoms with Crippen LogP contribution in [0.2, 0.25) is 15.1 Å². The highest BCUT2D eigenvalue weighted by atomic mass is 35.5. The van der Waals surface area contributed by atoms with Crippen LogP contribution in [0.25, 0.3) is 10.9 Å². The second kappa shape index (κ2) is 8.54. The van der Waals surface area contributed by atoms with Gasteiger partial charge in [0.1, 0.15) is 0 Å². The van der Waals surface area contributed by atoms with Gasteiger partial charge in [0, 0.05) is 31.2 Å². The monoisotopic (exact) mass is 476 g/mol. The molecule has 0 spiro atoms. The van der Waals surface area contributed by atoms with E-state index in [2.05, 4.69) is 10.3 Å². The highest BCUT2D eigenvalue weighted by Crippen LogP contribution is 2.39. The lowest BCUT2D eigenvalue weighted by Crippen LogP contribution is -2.32. The average molecular weight is 478 g/mol. The van der Waals surface area contributed by atoms with Crippen molar-refractivity contribution in [3.8, 4) is 0 Å². The zero-order chi connectivity index (χ0) is 22.3. The number of rotatable bonds is 4. The number of urea groups is 1. The van der Waals surface area contributed by atoms with Gasteiger partial charge >= 0.3 is 6.03 Å². The topological polar surface area (TPSA) is 65.5 Å². The Labute approximate surface area is 194 Å². The van der Waals surface area contributed by atoms with Crippen LogP contribution in [0, 0.1) is 6.92 Å². The lowest BCUT2D eigenvalue weighted by Gasteiger charge is -2.22. The van der Waals surface area contributed by atoms with Crippen LogP contribution in [-0.2, 0) is 0 Å². The number of carbonyl (C=O) groups is 2. The number of amides is 3. The van der Waals surface area contributed by atoms with E-state index in [-0.39, 0.29) is 21.6 Å². The SMILES string of the molecule is CCN1CCN(c2c(C)cnc3c(NC(=O)c4c(Cl)cccc4Cl)ccc(Cl)c23)C1=O. The molecule has 31 heavy (non-hydrogen) atoms. The minimum Gasteiger partial charge on any atom is -0.323 e. The normalized spacial score (nSPS) is 13.9. The molecule has 1 aliphatic heterocycles. The van der Waals surface area contributed by atoms with Crippen molar-refractivity contribution < 1.29 is 9.59 Å². The van der Waals surface area contributed by atoms with E-state index >= 15 is 0 Å². The molecule has 1 fully saturated rings. The van der Waals surface area contributed by atoms with E-state index in [0.717, 1.165) is 5.56 Å². The van der Waals surface area contributed by atoms with E-state index in [1.54, 1.807) is 46.3 Å². The highest BCUT2D eigenvalue weighted by Gasteiger charge is 2.31. The van der Waals surface area contributed by atoms with Gasteiger partial charge in [-0.25, -0.2) is 4.79 Å². The molecule has 0 saturated carbocycles. The smallest absolute Gasteiger partial charge is 0.323 e. The summed E-state index contributed by atoms with van der Waals surface area (Å²) in [7, 11) is 0. The van der Waals surface area contributed by atoms with Gasteiger partial charge in [-0.05, 0) is 43.7 Å². The molecule has 2 heterocycles. The van der Waals surface area contributed by atoms with Crippen molar-refractivity contribution in [3.63, 3.8) is 0 Å². The number of anilines is 2. The van der Waals surface area contributed by atoms with Crippen molar-refractivity contribution in [1.29, 1.82) is 0 Å². The third kappa shape index (κ3) is 3.80. The first-order valence-electron chi connectivity index (χ1n) is 9.73. The maximum atomic E-state index is 12.9. The predicted octanol–water partition coefficient (Wildman–Crippen LogP) is 6.02. The molecule has 1 aromatic heterocycles. The first kappa shape index (κ1) is 21.7. The van der Waals surface area contributed by atoms with E-state index in [1.165, 1.54) is 0 Å². The molecule has 1 aliphatic rings. The standard InChI is InChI=1S/C22H19Cl3N4O2/c1-3-28-9-10-29(22(28)31)20-12(2)11-26-19-16(8-7-15(25)18(19)20)27-21(30)17-13(23)5-4-6-14(17)24/h4-8,11H,3,9-10H2,1-2H3,(H,27,30). The number of fused-ring (bicyclic) bond motifs is 1. The molecular formula is C22H19Cl3N4O2. The highest BCUT2D eigenvalue weighted by molar-refractivity contribution is 6.41. The maximum Gasteiger partial charge on any atom is 0.324 e. The molecule has 3 aromatic rings. The molecule has 4 rings (SSSR count). The molecule has 6 nitrogen and oxygen atoms in total. The van der Waals surface area contributed by atoms with Gasteiger partial charge in [-0.15, -0.1) is 0 Å². The summed E-state index contributed by atoms with van der Waals surface area (Å²) in [6, 6.07) is 8.13. The third-order valence-electron chi connectivity index (χ3n) is 5.31. The van der Waals surface area contributed by atoms with Gasteiger partial charge in [-0.2, -0.15) is 0 Å². The molecule has 0 atom stereocenters. The quantitative estimate of drug-likeness (QED) is 0.500. The van der Waals surface area contributed by atoms with Gasteiger partial charge in [0.2, 0.25) is 0 Å². The fourth-order valence-corrected chi connectivity index (χ4v) is 4.59. The summed E-state index contributed by atoms with van der Waals surface area (Å²) in [5, 5.41) is 4.38. The number of aryl methyl sites for hydroxylation is 1. The Morgan fingerprint density at radius 2 is 1.81 bits per heavy atom. The Morgan fingerprint density at radius 3 is 2.45 bits per heavy atom. The van der Waals surface area contributed by atoms with Crippen molar-refractivity contribution >= 4 is 69.0 Å². The van der Waals surface area contributed by atoms with E-state index in [0.29, 0.717) is 46.9 Å². The molecule has 0 aliphatic carbocycles. The maximum absolute atomic E-state index is 12.9. The lowest BCUT2D eigenvalue weighted by molar-refractivity contribution is 0.102. The fraction of sp³-hybridized carbons (Fsp3) is 0.227. The van der Waals surface area contributed by atoms with Gasteiger partial charge in [-0.1, -0.05) is 40.9 Å². The van der Waals surface area contributed by atoms with E-state index in [1.807, 2.05) is 13.8 Å². The summed E-state index contributed by atoms with van der Waals surface area (Å²) in [5.74, 6) is -0.461. The molecule has 2 aromatic carbocycles. The van der Waals surface area contributed by atoms with Crippen LogP contribution in [-0.4, -0.2) is 41.5 Å². The van der Waals surface area contributed by atoms with Crippen LogP contribution in [0.5, 0.6) is 0 Å². The van der Waals surface area contributed by atoms with Crippen LogP contribution < -0.4 is 10.2 Å². The van der Waals surface area contributed by atoms with E-state index < -0.39 is 5.91 Å². The number of benzene rings is 2. The fourth-order valence-electron chi connectivity index (χ4n) is 3.78. The zero-order valence-electron chi connectivity index (χ0n) is 16.9. The number of nitrogens with zero attached hydrogens (tertiary/aromatic N) is 3. The summed E-state index contributed by atoms with van der Waals surface area (Å²) in [5.41, 5.74) is 2.61. The number of hydrogen-bond acceptors (Lipinski definition) is 3. The molecular weight excluding hydrogens is 459 g/mol. The molecule has 0 bridgehead atoms. The van der Waals surface area contributed by atoms with E-state index in [9.17, 15) is 9.59 Å². The van der Waals surface area contributed by atoms with Crippen LogP contribution in [0.4, 0.5) is 16.2 Å². The van der Waals surface area contributed by atoms with Crippen molar-refractivity contribution in [2.45, 2.75) is 13.8 Å². The van der Waals surface area contributed by atoms with Crippen molar-refractivity contribution in [2.24, 2.45) is 0 Å². The summed E-state index contributed by atoms with van der Waals surface area (Å²) in [4.78, 5) is 33.8. The van der Waals surface area contributed by atoms with Gasteiger partial charge in [0.05, 0.1) is 37.5 Å². The van der Waals surface area contributed by atoms with E-state index in [4.69, 9.17) is 34.8 Å². The van der Waals surface area contributed by atoms with Gasteiger partial charge in [-0.3, -0.25) is 14.7 Å². The Kier molecular flexibility index (Phi) is 5.97. The largest absolute Gasteiger partial charge is 0.324 e. The zero-order valence-corrected chi connectivity index (χ0v) is 19.1. The lowest BCUT2D eigenvalue weighted by atomic mass is 10.1. The van der Waals surface area contributed by atoms with Gasteiger partial charge < -0.3 is 10.2 Å². The predicted molar refractivity (Wildman–Crippen MR) is 126 cm³/mol. The number of halogens is 3. The molecule has 3 amide bonds. The average Bonchev–Trinajstić information content (AvgIpc) is 3.10. The molecule has 0 unspecified atom stereocenters. The summed E-state index contributed by atoms with van der Waals surface area (Å²) in [6.45, 7) is 5.64. The van der Waals surface area contributed by atoms with Crippen molar-refractivity contribution in [1.82, 2.24) is 9.88 Å². The second-order valence-corrected chi connectivity index (χ2v) is 8.39. The molecule has 1 saturated heterocycles. The first-order valence-corrected chi connectivity index (χ1v) is 10.9. The van der Waals surface area contributed by atoms with Crippen LogP contribution in [0.15, 0.2) is 36.5 Å². The number of carbonyl (C=O) groups excluding carboxylic acids is 2. The molecule has 9 heteroatoms. The van der Waals surface area contributed by atoms with Crippen molar-refractivity contribution in [3.05, 3.63) is 62.7 Å². The first-order chi connectivity index (χ1) is 14.8. The van der Waals surface area contributed by atoms with Gasteiger partial charge in [0.15, 0.2) is 0 Å².